The number of amides is 1. The van der Waals surface area contributed by atoms with E-state index in [1.54, 1.807) is 18.2 Å². The Kier molecular flexibility index (Phi) is 4.94. The van der Waals surface area contributed by atoms with Crippen LogP contribution in [-0.2, 0) is 4.79 Å². The summed E-state index contributed by atoms with van der Waals surface area (Å²) in [6.07, 6.45) is 0. The van der Waals surface area contributed by atoms with Crippen molar-refractivity contribution >= 4 is 22.4 Å². The lowest BCUT2D eigenvalue weighted by atomic mass is 10.1. The Labute approximate surface area is 153 Å². The van der Waals surface area contributed by atoms with Crippen molar-refractivity contribution < 1.29 is 9.18 Å². The summed E-state index contributed by atoms with van der Waals surface area (Å²) in [6, 6.07) is 8.90. The molecular weight excluding hydrogens is 355 g/mol. The van der Waals surface area contributed by atoms with Crippen LogP contribution in [0.5, 0.6) is 0 Å². The van der Waals surface area contributed by atoms with Crippen LogP contribution in [0.4, 0.5) is 9.52 Å². The van der Waals surface area contributed by atoms with Gasteiger partial charge < -0.3 is 5.32 Å². The lowest BCUT2D eigenvalue weighted by molar-refractivity contribution is -0.114. The summed E-state index contributed by atoms with van der Waals surface area (Å²) >= 11 is 1.25. The highest BCUT2D eigenvalue weighted by Gasteiger charge is 2.18. The molecule has 0 aliphatic rings. The zero-order valence-electron chi connectivity index (χ0n) is 14.5. The number of nitrogens with one attached hydrogen (secondary N) is 1. The molecule has 1 N–H and O–H groups in total. The molecule has 0 fully saturated rings. The van der Waals surface area contributed by atoms with E-state index in [0.29, 0.717) is 27.0 Å². The average molecular weight is 372 g/mol. The van der Waals surface area contributed by atoms with Gasteiger partial charge in [-0.25, -0.2) is 14.1 Å². The van der Waals surface area contributed by atoms with Gasteiger partial charge >= 0.3 is 0 Å². The lowest BCUT2D eigenvalue weighted by Gasteiger charge is -2.09. The normalized spacial score (nSPS) is 11.0. The molecule has 0 bridgehead atoms. The molecule has 2 heterocycles. The van der Waals surface area contributed by atoms with Gasteiger partial charge in [0.15, 0.2) is 5.13 Å². The maximum atomic E-state index is 13.3. The van der Waals surface area contributed by atoms with Crippen LogP contribution in [0.25, 0.3) is 21.8 Å². The predicted octanol–water partition coefficient (Wildman–Crippen LogP) is 3.71. The Morgan fingerprint density at radius 3 is 2.50 bits per heavy atom. The summed E-state index contributed by atoms with van der Waals surface area (Å²) in [5.41, 5.74) is 1.63. The van der Waals surface area contributed by atoms with Crippen molar-refractivity contribution in [1.29, 1.82) is 0 Å². The molecule has 0 aliphatic carbocycles. The molecule has 6 nitrogen and oxygen atoms in total. The molecule has 1 amide bonds. The van der Waals surface area contributed by atoms with Gasteiger partial charge in [0.1, 0.15) is 11.5 Å². The van der Waals surface area contributed by atoms with E-state index in [4.69, 9.17) is 0 Å². The third-order valence-corrected chi connectivity index (χ3v) is 4.57. The summed E-state index contributed by atoms with van der Waals surface area (Å²) in [6.45, 7) is 5.14. The van der Waals surface area contributed by atoms with Gasteiger partial charge in [-0.1, -0.05) is 11.3 Å². The highest BCUT2D eigenvalue weighted by molar-refractivity contribution is 7.19. The van der Waals surface area contributed by atoms with E-state index < -0.39 is 0 Å². The zero-order chi connectivity index (χ0) is 18.8. The molecule has 0 radical (unpaired) electrons. The van der Waals surface area contributed by atoms with Gasteiger partial charge in [-0.15, -0.1) is 0 Å². The van der Waals surface area contributed by atoms with E-state index in [2.05, 4.69) is 15.4 Å². The van der Waals surface area contributed by atoms with E-state index >= 15 is 0 Å². The number of benzene rings is 1. The molecule has 0 saturated heterocycles. The number of aromatic nitrogens is 3. The molecule has 0 unspecified atom stereocenters. The predicted molar refractivity (Wildman–Crippen MR) is 99.7 cm³/mol. The van der Waals surface area contributed by atoms with Crippen LogP contribution in [0.2, 0.25) is 0 Å². The highest BCUT2D eigenvalue weighted by Crippen LogP contribution is 2.38. The number of thiazole rings is 1. The molecule has 26 heavy (non-hydrogen) atoms. The fraction of sp³-hybridized carbons (Fsp3) is 0.222. The molecule has 3 aromatic rings. The van der Waals surface area contributed by atoms with E-state index in [9.17, 15) is 14.0 Å². The van der Waals surface area contributed by atoms with Gasteiger partial charge in [0, 0.05) is 18.6 Å². The van der Waals surface area contributed by atoms with E-state index in [1.807, 2.05) is 13.8 Å². The van der Waals surface area contributed by atoms with Crippen LogP contribution >= 0.6 is 11.3 Å². The minimum absolute atomic E-state index is 0.0977. The SMILES string of the molecule is CC(=O)Nc1nc(-c2ccc(F)cc2)c(-c2ccc(=O)n(C(C)C)n2)s1. The van der Waals surface area contributed by atoms with Gasteiger partial charge in [-0.2, -0.15) is 5.10 Å². The molecule has 0 atom stereocenters. The third kappa shape index (κ3) is 3.70. The Bertz CT molecular complexity index is 1010. The van der Waals surface area contributed by atoms with Gasteiger partial charge in [0.2, 0.25) is 5.91 Å². The summed E-state index contributed by atoms with van der Waals surface area (Å²) in [7, 11) is 0. The Balaban J connectivity index is 2.17. The van der Waals surface area contributed by atoms with Gasteiger partial charge in [0.25, 0.3) is 5.56 Å². The van der Waals surface area contributed by atoms with Crippen LogP contribution in [0.15, 0.2) is 41.2 Å². The molecular formula is C18H17FN4O2S. The fourth-order valence-electron chi connectivity index (χ4n) is 2.42. The monoisotopic (exact) mass is 372 g/mol. The Hall–Kier alpha value is -2.87. The number of halogens is 1. The molecule has 3 rings (SSSR count). The summed E-state index contributed by atoms with van der Waals surface area (Å²) in [5.74, 6) is -0.588. The fourth-order valence-corrected chi connectivity index (χ4v) is 3.42. The topological polar surface area (TPSA) is 76.9 Å². The quantitative estimate of drug-likeness (QED) is 0.757. The molecule has 0 saturated carbocycles. The average Bonchev–Trinajstić information content (AvgIpc) is 2.98. The van der Waals surface area contributed by atoms with Crippen LogP contribution in [0.3, 0.4) is 0 Å². The van der Waals surface area contributed by atoms with E-state index in [1.165, 1.54) is 41.1 Å². The lowest BCUT2D eigenvalue weighted by Crippen LogP contribution is -2.23. The summed E-state index contributed by atoms with van der Waals surface area (Å²) in [5, 5.41) is 7.50. The standard InChI is InChI=1S/C18H17FN4O2S/c1-10(2)23-15(25)9-8-14(22-23)17-16(12-4-6-13(19)7-5-12)21-18(26-17)20-11(3)24/h4-10H,1-3H3,(H,20,21,24). The van der Waals surface area contributed by atoms with E-state index in [-0.39, 0.29) is 23.3 Å². The second-order valence-corrected chi connectivity index (χ2v) is 6.98. The zero-order valence-corrected chi connectivity index (χ0v) is 15.3. The van der Waals surface area contributed by atoms with Gasteiger partial charge in [-0.05, 0) is 44.2 Å². The number of carbonyl (C=O) groups is 1. The van der Waals surface area contributed by atoms with Crippen molar-refractivity contribution in [3.8, 4) is 21.8 Å². The Morgan fingerprint density at radius 1 is 1.19 bits per heavy atom. The van der Waals surface area contributed by atoms with Gasteiger partial charge in [0.05, 0.1) is 16.6 Å². The maximum absolute atomic E-state index is 13.3. The number of carbonyl (C=O) groups excluding carboxylic acids is 1. The number of nitrogens with zero attached hydrogens (tertiary/aromatic N) is 3. The van der Waals surface area contributed by atoms with Crippen molar-refractivity contribution in [1.82, 2.24) is 14.8 Å². The molecule has 134 valence electrons. The largest absolute Gasteiger partial charge is 0.302 e. The smallest absolute Gasteiger partial charge is 0.267 e. The molecule has 1 aromatic carbocycles. The first-order chi connectivity index (χ1) is 12.3. The number of hydrogen-bond acceptors (Lipinski definition) is 5. The van der Waals surface area contributed by atoms with Gasteiger partial charge in [-0.3, -0.25) is 9.59 Å². The first-order valence-electron chi connectivity index (χ1n) is 7.99. The molecule has 0 spiro atoms. The van der Waals surface area contributed by atoms with Crippen LogP contribution in [0.1, 0.15) is 26.8 Å². The molecule has 0 aliphatic heterocycles. The minimum atomic E-state index is -0.348. The van der Waals surface area contributed by atoms with Crippen molar-refractivity contribution in [2.24, 2.45) is 0 Å². The number of rotatable bonds is 4. The van der Waals surface area contributed by atoms with Crippen molar-refractivity contribution in [2.45, 2.75) is 26.8 Å². The third-order valence-electron chi connectivity index (χ3n) is 3.57. The minimum Gasteiger partial charge on any atom is -0.302 e. The van der Waals surface area contributed by atoms with E-state index in [0.717, 1.165) is 0 Å². The maximum Gasteiger partial charge on any atom is 0.267 e. The summed E-state index contributed by atoms with van der Waals surface area (Å²) < 4.78 is 14.7. The van der Waals surface area contributed by atoms with Crippen molar-refractivity contribution in [3.05, 3.63) is 52.6 Å². The first kappa shape index (κ1) is 17.9. The highest BCUT2D eigenvalue weighted by atomic mass is 32.1. The molecule has 8 heteroatoms. The molecule has 2 aromatic heterocycles. The second-order valence-electron chi connectivity index (χ2n) is 5.98. The summed E-state index contributed by atoms with van der Waals surface area (Å²) in [4.78, 5) is 28.5. The second kappa shape index (κ2) is 7.17. The van der Waals surface area contributed by atoms with Crippen LogP contribution in [-0.4, -0.2) is 20.7 Å². The van der Waals surface area contributed by atoms with Crippen LogP contribution < -0.4 is 10.9 Å². The Morgan fingerprint density at radius 2 is 1.88 bits per heavy atom. The number of anilines is 1. The number of hydrogen-bond donors (Lipinski definition) is 1. The van der Waals surface area contributed by atoms with Crippen LogP contribution in [0, 0.1) is 5.82 Å². The van der Waals surface area contributed by atoms with Crippen molar-refractivity contribution in [3.63, 3.8) is 0 Å². The first-order valence-corrected chi connectivity index (χ1v) is 8.81. The van der Waals surface area contributed by atoms with Crippen molar-refractivity contribution in [2.75, 3.05) is 5.32 Å².